The summed E-state index contributed by atoms with van der Waals surface area (Å²) in [5, 5.41) is 5.38. The minimum atomic E-state index is -0.273. The Hall–Kier alpha value is -2.93. The lowest BCUT2D eigenvalue weighted by Gasteiger charge is -2.26. The van der Waals surface area contributed by atoms with Crippen LogP contribution in [-0.4, -0.2) is 33.6 Å². The maximum Gasteiger partial charge on any atom is 0.237 e. The summed E-state index contributed by atoms with van der Waals surface area (Å²) in [5.41, 5.74) is 3.87. The van der Waals surface area contributed by atoms with Gasteiger partial charge in [-0.2, -0.15) is 5.10 Å². The zero-order valence-corrected chi connectivity index (χ0v) is 19.2. The number of hydrogen-bond acceptors (Lipinski definition) is 4. The number of anilines is 1. The van der Waals surface area contributed by atoms with E-state index in [1.165, 1.54) is 23.9 Å². The maximum absolute atomic E-state index is 13.2. The van der Waals surface area contributed by atoms with Crippen LogP contribution in [0.3, 0.4) is 0 Å². The van der Waals surface area contributed by atoms with E-state index in [1.54, 1.807) is 18.3 Å². The topological polar surface area (TPSA) is 50.5 Å². The van der Waals surface area contributed by atoms with Crippen molar-refractivity contribution < 1.29 is 9.18 Å². The van der Waals surface area contributed by atoms with Crippen LogP contribution >= 0.6 is 11.8 Å². The highest BCUT2D eigenvalue weighted by molar-refractivity contribution is 7.99. The Kier molecular flexibility index (Phi) is 7.05. The number of halogens is 1. The zero-order valence-electron chi connectivity index (χ0n) is 18.4. The number of hydrogen-bond donors (Lipinski definition) is 0. The van der Waals surface area contributed by atoms with Crippen molar-refractivity contribution in [2.24, 2.45) is 5.10 Å². The van der Waals surface area contributed by atoms with Crippen LogP contribution in [0.4, 0.5) is 10.1 Å². The molecule has 0 bridgehead atoms. The number of amides is 1. The molecule has 0 fully saturated rings. The first-order valence-corrected chi connectivity index (χ1v) is 11.9. The molecule has 0 saturated carbocycles. The van der Waals surface area contributed by atoms with Gasteiger partial charge in [0.2, 0.25) is 5.91 Å². The van der Waals surface area contributed by atoms with Gasteiger partial charge in [-0.15, -0.1) is 0 Å². The third-order valence-electron chi connectivity index (χ3n) is 5.41. The molecule has 0 unspecified atom stereocenters. The zero-order chi connectivity index (χ0) is 22.5. The second-order valence-electron chi connectivity index (χ2n) is 8.08. The van der Waals surface area contributed by atoms with Crippen molar-refractivity contribution in [1.82, 2.24) is 9.66 Å². The van der Waals surface area contributed by atoms with Gasteiger partial charge < -0.3 is 4.90 Å². The van der Waals surface area contributed by atoms with E-state index in [-0.39, 0.29) is 23.5 Å². The lowest BCUT2D eigenvalue weighted by Crippen LogP contribution is -2.38. The van der Waals surface area contributed by atoms with Crippen LogP contribution in [0, 0.1) is 5.82 Å². The predicted octanol–water partition coefficient (Wildman–Crippen LogP) is 5.32. The van der Waals surface area contributed by atoms with E-state index in [0.29, 0.717) is 0 Å². The molecule has 0 N–H and O–H groups in total. The minimum absolute atomic E-state index is 0.0336. The molecule has 32 heavy (non-hydrogen) atoms. The Bertz CT molecular complexity index is 1090. The number of carbonyl (C=O) groups excluding carboxylic acids is 1. The first-order valence-electron chi connectivity index (χ1n) is 10.9. The van der Waals surface area contributed by atoms with Crippen molar-refractivity contribution in [2.75, 3.05) is 10.7 Å². The number of aromatic nitrogens is 2. The molecule has 5 nitrogen and oxygen atoms in total. The summed E-state index contributed by atoms with van der Waals surface area (Å²) in [4.78, 5) is 19.7. The van der Waals surface area contributed by atoms with Crippen molar-refractivity contribution in [2.45, 2.75) is 50.7 Å². The van der Waals surface area contributed by atoms with Crippen LogP contribution < -0.4 is 4.90 Å². The van der Waals surface area contributed by atoms with Crippen LogP contribution in [0.15, 0.2) is 64.9 Å². The number of imidazole rings is 1. The van der Waals surface area contributed by atoms with Crippen LogP contribution in [0.1, 0.15) is 43.6 Å². The van der Waals surface area contributed by atoms with E-state index in [1.807, 2.05) is 53.8 Å². The van der Waals surface area contributed by atoms with Crippen LogP contribution in [-0.2, 0) is 17.6 Å². The number of para-hydroxylation sites is 1. The molecule has 1 aliphatic rings. The summed E-state index contributed by atoms with van der Waals surface area (Å²) >= 11 is 1.41. The van der Waals surface area contributed by atoms with E-state index in [2.05, 4.69) is 5.10 Å². The van der Waals surface area contributed by atoms with Crippen molar-refractivity contribution in [3.8, 4) is 0 Å². The fourth-order valence-corrected chi connectivity index (χ4v) is 4.75. The molecule has 1 aromatic heterocycles. The van der Waals surface area contributed by atoms with Gasteiger partial charge in [-0.3, -0.25) is 4.79 Å². The van der Waals surface area contributed by atoms with Gasteiger partial charge in [-0.25, -0.2) is 14.1 Å². The number of benzene rings is 2. The highest BCUT2D eigenvalue weighted by atomic mass is 32.2. The molecule has 166 valence electrons. The van der Waals surface area contributed by atoms with Gasteiger partial charge in [0.05, 0.1) is 23.4 Å². The number of nitrogens with zero attached hydrogens (tertiary/aromatic N) is 4. The van der Waals surface area contributed by atoms with Crippen molar-refractivity contribution >= 4 is 29.6 Å². The molecule has 4 rings (SSSR count). The van der Waals surface area contributed by atoms with Crippen LogP contribution in [0.2, 0.25) is 0 Å². The molecule has 3 aromatic rings. The first kappa shape index (κ1) is 22.3. The minimum Gasteiger partial charge on any atom is -0.309 e. The van der Waals surface area contributed by atoms with E-state index < -0.39 is 0 Å². The lowest BCUT2D eigenvalue weighted by molar-refractivity contribution is -0.116. The monoisotopic (exact) mass is 450 g/mol. The normalized spacial score (nSPS) is 13.5. The standard InChI is InChI=1S/C25H27FN4OS/c1-18(2)29(21-8-4-3-5-9-21)24(31)17-32-25-28-22-10-6-7-11-23(22)30(25)27-16-19-12-14-20(26)15-13-19/h3-5,8-9,12-16,18H,6-7,10-11,17H2,1-2H3/b27-16-. The van der Waals surface area contributed by atoms with Crippen molar-refractivity contribution in [3.05, 3.63) is 77.4 Å². The summed E-state index contributed by atoms with van der Waals surface area (Å²) in [5.74, 6) is 0.0333. The van der Waals surface area contributed by atoms with Gasteiger partial charge in [0.25, 0.3) is 0 Å². The average Bonchev–Trinajstić information content (AvgIpc) is 3.15. The number of carbonyl (C=O) groups is 1. The molecular weight excluding hydrogens is 423 g/mol. The lowest BCUT2D eigenvalue weighted by atomic mass is 10.0. The van der Waals surface area contributed by atoms with Crippen LogP contribution in [0.5, 0.6) is 0 Å². The third kappa shape index (κ3) is 5.10. The molecule has 7 heteroatoms. The fourth-order valence-electron chi connectivity index (χ4n) is 3.90. The third-order valence-corrected chi connectivity index (χ3v) is 6.33. The summed E-state index contributed by atoms with van der Waals surface area (Å²) in [6.45, 7) is 4.03. The van der Waals surface area contributed by atoms with Gasteiger partial charge in [-0.05, 0) is 69.4 Å². The maximum atomic E-state index is 13.2. The predicted molar refractivity (Wildman–Crippen MR) is 128 cm³/mol. The summed E-state index contributed by atoms with van der Waals surface area (Å²) < 4.78 is 15.1. The first-order chi connectivity index (χ1) is 15.5. The molecule has 2 aromatic carbocycles. The Morgan fingerprint density at radius 1 is 1.16 bits per heavy atom. The van der Waals surface area contributed by atoms with Gasteiger partial charge in [0, 0.05) is 11.7 Å². The van der Waals surface area contributed by atoms with Gasteiger partial charge in [0.15, 0.2) is 5.16 Å². The molecule has 0 spiro atoms. The number of thioether (sulfide) groups is 1. The number of rotatable bonds is 7. The quantitative estimate of drug-likeness (QED) is 0.362. The molecule has 1 heterocycles. The largest absolute Gasteiger partial charge is 0.309 e. The Morgan fingerprint density at radius 3 is 2.59 bits per heavy atom. The summed E-state index contributed by atoms with van der Waals surface area (Å²) in [6, 6.07) is 16.0. The van der Waals surface area contributed by atoms with E-state index in [4.69, 9.17) is 4.98 Å². The second kappa shape index (κ2) is 10.1. The number of aryl methyl sites for hydroxylation is 1. The summed E-state index contributed by atoms with van der Waals surface area (Å²) in [7, 11) is 0. The highest BCUT2D eigenvalue weighted by Gasteiger charge is 2.23. The number of fused-ring (bicyclic) bond motifs is 1. The smallest absolute Gasteiger partial charge is 0.237 e. The Balaban J connectivity index is 1.56. The van der Waals surface area contributed by atoms with Crippen molar-refractivity contribution in [1.29, 1.82) is 0 Å². The van der Waals surface area contributed by atoms with E-state index >= 15 is 0 Å². The van der Waals surface area contributed by atoms with Crippen LogP contribution in [0.25, 0.3) is 0 Å². The Labute approximate surface area is 192 Å². The molecule has 0 atom stereocenters. The molecule has 0 radical (unpaired) electrons. The molecule has 0 saturated heterocycles. The molecular formula is C25H27FN4OS. The summed E-state index contributed by atoms with van der Waals surface area (Å²) in [6.07, 6.45) is 5.77. The molecule has 1 amide bonds. The van der Waals surface area contributed by atoms with Gasteiger partial charge in [-0.1, -0.05) is 42.1 Å². The second-order valence-corrected chi connectivity index (χ2v) is 9.03. The molecule has 0 aliphatic heterocycles. The van der Waals surface area contributed by atoms with Gasteiger partial charge in [0.1, 0.15) is 5.82 Å². The van der Waals surface area contributed by atoms with E-state index in [0.717, 1.165) is 53.5 Å². The molecule has 1 aliphatic carbocycles. The van der Waals surface area contributed by atoms with E-state index in [9.17, 15) is 9.18 Å². The fraction of sp³-hybridized carbons (Fsp3) is 0.320. The average molecular weight is 451 g/mol. The highest BCUT2D eigenvalue weighted by Crippen LogP contribution is 2.28. The Morgan fingerprint density at radius 2 is 1.88 bits per heavy atom. The van der Waals surface area contributed by atoms with Gasteiger partial charge >= 0.3 is 0 Å². The SMILES string of the molecule is CC(C)N(C(=O)CSc1nc2c(n1/N=C\c1ccc(F)cc1)CCCC2)c1ccccc1. The van der Waals surface area contributed by atoms with Crippen molar-refractivity contribution in [3.63, 3.8) is 0 Å².